The van der Waals surface area contributed by atoms with E-state index >= 15 is 0 Å². The molecule has 1 aromatic carbocycles. The van der Waals surface area contributed by atoms with Gasteiger partial charge in [-0.3, -0.25) is 4.79 Å². The zero-order valence-electron chi connectivity index (χ0n) is 13.7. The van der Waals surface area contributed by atoms with E-state index in [1.165, 1.54) is 0 Å². The van der Waals surface area contributed by atoms with Crippen LogP contribution in [-0.2, 0) is 14.3 Å². The van der Waals surface area contributed by atoms with E-state index in [9.17, 15) is 9.59 Å². The number of likely N-dealkylation sites (tertiary alicyclic amines) is 1. The van der Waals surface area contributed by atoms with Crippen molar-refractivity contribution in [3.8, 4) is 5.75 Å². The summed E-state index contributed by atoms with van der Waals surface area (Å²) in [4.78, 5) is 25.4. The molecule has 2 rings (SSSR count). The van der Waals surface area contributed by atoms with Gasteiger partial charge in [0, 0.05) is 0 Å². The number of carbonyl (C=O) groups excluding carboxylic acids is 2. The van der Waals surface area contributed by atoms with E-state index in [1.807, 2.05) is 0 Å². The number of nitrogens with one attached hydrogen (secondary N) is 1. The largest absolute Gasteiger partial charge is 0.497 e. The third kappa shape index (κ3) is 4.96. The van der Waals surface area contributed by atoms with Crippen LogP contribution in [0.25, 0.3) is 0 Å². The lowest BCUT2D eigenvalue weighted by molar-refractivity contribution is -0.149. The van der Waals surface area contributed by atoms with Gasteiger partial charge in [-0.05, 0) is 56.6 Å². The highest BCUT2D eigenvalue weighted by Crippen LogP contribution is 2.21. The minimum absolute atomic E-state index is 0.386. The van der Waals surface area contributed by atoms with Gasteiger partial charge in [-0.25, -0.2) is 4.79 Å². The lowest BCUT2D eigenvalue weighted by Gasteiger charge is -2.28. The second-order valence-corrected chi connectivity index (χ2v) is 5.87. The van der Waals surface area contributed by atoms with Crippen molar-refractivity contribution in [2.24, 2.45) is 5.92 Å². The van der Waals surface area contributed by atoms with Crippen molar-refractivity contribution in [1.29, 1.82) is 0 Å². The van der Waals surface area contributed by atoms with Gasteiger partial charge in [-0.1, -0.05) is 12.1 Å². The first-order chi connectivity index (χ1) is 11.1. The van der Waals surface area contributed by atoms with Crippen molar-refractivity contribution in [2.45, 2.75) is 18.9 Å². The Hall–Kier alpha value is -2.08. The highest BCUT2D eigenvalue weighted by Gasteiger charge is 2.24. The van der Waals surface area contributed by atoms with Crippen molar-refractivity contribution in [1.82, 2.24) is 10.2 Å². The van der Waals surface area contributed by atoms with Crippen LogP contribution >= 0.6 is 0 Å². The van der Waals surface area contributed by atoms with Crippen molar-refractivity contribution < 1.29 is 19.1 Å². The average molecular weight is 320 g/mol. The van der Waals surface area contributed by atoms with Crippen molar-refractivity contribution in [2.75, 3.05) is 33.9 Å². The summed E-state index contributed by atoms with van der Waals surface area (Å²) in [5.74, 6) is 0.574. The van der Waals surface area contributed by atoms with Gasteiger partial charge in [0.15, 0.2) is 6.04 Å². The molecule has 23 heavy (non-hydrogen) atoms. The molecule has 0 aromatic heterocycles. The van der Waals surface area contributed by atoms with Crippen LogP contribution in [0.1, 0.15) is 24.4 Å². The normalized spacial score (nSPS) is 17.3. The average Bonchev–Trinajstić information content (AvgIpc) is 2.59. The first-order valence-electron chi connectivity index (χ1n) is 7.83. The molecule has 1 heterocycles. The fraction of sp³-hybridized carbons (Fsp3) is 0.529. The number of ether oxygens (including phenoxy) is 2. The van der Waals surface area contributed by atoms with Crippen LogP contribution in [0.5, 0.6) is 5.75 Å². The van der Waals surface area contributed by atoms with Crippen LogP contribution in [0.2, 0.25) is 0 Å². The van der Waals surface area contributed by atoms with Crippen LogP contribution in [-0.4, -0.2) is 51.1 Å². The molecule has 126 valence electrons. The van der Waals surface area contributed by atoms with E-state index in [1.54, 1.807) is 31.4 Å². The minimum atomic E-state index is -0.811. The molecule has 6 nitrogen and oxygen atoms in total. The number of carbonyl (C=O) groups is 2. The van der Waals surface area contributed by atoms with Crippen LogP contribution < -0.4 is 10.1 Å². The molecular formula is C17H24N2O4. The van der Waals surface area contributed by atoms with Crippen molar-refractivity contribution >= 4 is 12.4 Å². The summed E-state index contributed by atoms with van der Waals surface area (Å²) >= 11 is 0. The van der Waals surface area contributed by atoms with Gasteiger partial charge in [-0.15, -0.1) is 0 Å². The first kappa shape index (κ1) is 17.3. The maximum Gasteiger partial charge on any atom is 0.333 e. The molecule has 0 aliphatic carbocycles. The number of benzene rings is 1. The SMILES string of the molecule is COc1cccc(C(NC=O)C(=O)OCC2CCN(C)CC2)c1. The van der Waals surface area contributed by atoms with Gasteiger partial charge in [0.05, 0.1) is 13.7 Å². The lowest BCUT2D eigenvalue weighted by atomic mass is 9.98. The number of esters is 1. The maximum atomic E-state index is 12.3. The van der Waals surface area contributed by atoms with Crippen molar-refractivity contribution in [3.05, 3.63) is 29.8 Å². The quantitative estimate of drug-likeness (QED) is 0.607. The van der Waals surface area contributed by atoms with E-state index in [4.69, 9.17) is 9.47 Å². The molecule has 6 heteroatoms. The van der Waals surface area contributed by atoms with Gasteiger partial charge in [0.25, 0.3) is 0 Å². The second kappa shape index (κ2) is 8.53. The summed E-state index contributed by atoms with van der Waals surface area (Å²) in [6.45, 7) is 2.44. The van der Waals surface area contributed by atoms with Crippen LogP contribution in [0.4, 0.5) is 0 Å². The third-order valence-electron chi connectivity index (χ3n) is 4.20. The lowest BCUT2D eigenvalue weighted by Crippen LogP contribution is -2.34. The van der Waals surface area contributed by atoms with E-state index in [-0.39, 0.29) is 0 Å². The molecule has 0 saturated carbocycles. The summed E-state index contributed by atoms with van der Waals surface area (Å²) in [7, 11) is 3.65. The molecule has 1 N–H and O–H groups in total. The van der Waals surface area contributed by atoms with Gasteiger partial charge in [-0.2, -0.15) is 0 Å². The Morgan fingerprint density at radius 1 is 1.43 bits per heavy atom. The summed E-state index contributed by atoms with van der Waals surface area (Å²) in [6.07, 6.45) is 2.56. The van der Waals surface area contributed by atoms with Crippen LogP contribution in [0.15, 0.2) is 24.3 Å². The van der Waals surface area contributed by atoms with E-state index in [0.717, 1.165) is 25.9 Å². The summed E-state index contributed by atoms with van der Waals surface area (Å²) in [5, 5.41) is 2.53. The van der Waals surface area contributed by atoms with Crippen LogP contribution in [0, 0.1) is 5.92 Å². The Kier molecular flexibility index (Phi) is 6.40. The van der Waals surface area contributed by atoms with Gasteiger partial charge < -0.3 is 19.7 Å². The third-order valence-corrected chi connectivity index (χ3v) is 4.20. The molecule has 1 fully saturated rings. The molecular weight excluding hydrogens is 296 g/mol. The summed E-state index contributed by atoms with van der Waals surface area (Å²) in [6, 6.07) is 6.23. The predicted octanol–water partition coefficient (Wildman–Crippen LogP) is 1.37. The number of rotatable bonds is 7. The predicted molar refractivity (Wildman–Crippen MR) is 86.1 cm³/mol. The Morgan fingerprint density at radius 2 is 2.17 bits per heavy atom. The Balaban J connectivity index is 1.96. The molecule has 1 aliphatic rings. The minimum Gasteiger partial charge on any atom is -0.497 e. The highest BCUT2D eigenvalue weighted by molar-refractivity contribution is 5.80. The molecule has 0 bridgehead atoms. The van der Waals surface area contributed by atoms with Gasteiger partial charge >= 0.3 is 5.97 Å². The number of amides is 1. The van der Waals surface area contributed by atoms with E-state index in [0.29, 0.717) is 30.2 Å². The number of methoxy groups -OCH3 is 1. The Labute approximate surface area is 136 Å². The molecule has 1 aliphatic heterocycles. The Bertz CT molecular complexity index is 527. The zero-order chi connectivity index (χ0) is 16.7. The van der Waals surface area contributed by atoms with Crippen molar-refractivity contribution in [3.63, 3.8) is 0 Å². The summed E-state index contributed by atoms with van der Waals surface area (Å²) in [5.41, 5.74) is 0.643. The smallest absolute Gasteiger partial charge is 0.333 e. The fourth-order valence-electron chi connectivity index (χ4n) is 2.70. The first-order valence-corrected chi connectivity index (χ1v) is 7.83. The molecule has 0 radical (unpaired) electrons. The molecule has 1 unspecified atom stereocenters. The number of piperidine rings is 1. The maximum absolute atomic E-state index is 12.3. The number of nitrogens with zero attached hydrogens (tertiary/aromatic N) is 1. The molecule has 1 aromatic rings. The fourth-order valence-corrected chi connectivity index (χ4v) is 2.70. The van der Waals surface area contributed by atoms with E-state index < -0.39 is 12.0 Å². The molecule has 1 amide bonds. The zero-order valence-corrected chi connectivity index (χ0v) is 13.7. The van der Waals surface area contributed by atoms with Crippen LogP contribution in [0.3, 0.4) is 0 Å². The standard InChI is InChI=1S/C17H24N2O4/c1-19-8-6-13(7-9-19)11-23-17(21)16(18-12-20)14-4-3-5-15(10-14)22-2/h3-5,10,12-13,16H,6-9,11H2,1-2H3,(H,18,20). The topological polar surface area (TPSA) is 67.9 Å². The number of hydrogen-bond acceptors (Lipinski definition) is 5. The Morgan fingerprint density at radius 3 is 2.83 bits per heavy atom. The molecule has 1 saturated heterocycles. The molecule has 0 spiro atoms. The van der Waals surface area contributed by atoms with Gasteiger partial charge in [0.1, 0.15) is 5.75 Å². The van der Waals surface area contributed by atoms with E-state index in [2.05, 4.69) is 17.3 Å². The van der Waals surface area contributed by atoms with Gasteiger partial charge in [0.2, 0.25) is 6.41 Å². The highest BCUT2D eigenvalue weighted by atomic mass is 16.5. The summed E-state index contributed by atoms with van der Waals surface area (Å²) < 4.78 is 10.6. The monoisotopic (exact) mass is 320 g/mol. The second-order valence-electron chi connectivity index (χ2n) is 5.87. The molecule has 1 atom stereocenters. The number of hydrogen-bond donors (Lipinski definition) is 1.